The molecular weight excluding hydrogens is 328 g/mol. The molecule has 1 spiro atoms. The molecule has 6 nitrogen and oxygen atoms in total. The molecule has 24 heavy (non-hydrogen) atoms. The number of hydrogen-bond donors (Lipinski definition) is 2. The second kappa shape index (κ2) is 6.55. The Morgan fingerprint density at radius 1 is 1.42 bits per heavy atom. The van der Waals surface area contributed by atoms with E-state index in [1.165, 1.54) is 18.3 Å². The number of likely N-dealkylation sites (tertiary alicyclic amines) is 1. The molecule has 2 heterocycles. The van der Waals surface area contributed by atoms with Gasteiger partial charge in [0.2, 0.25) is 11.8 Å². The van der Waals surface area contributed by atoms with E-state index < -0.39 is 5.97 Å². The van der Waals surface area contributed by atoms with Crippen LogP contribution in [-0.4, -0.2) is 40.9 Å². The molecule has 0 aromatic carbocycles. The lowest BCUT2D eigenvalue weighted by Crippen LogP contribution is -2.41. The van der Waals surface area contributed by atoms with Crippen LogP contribution in [0.4, 0.5) is 0 Å². The van der Waals surface area contributed by atoms with Gasteiger partial charge in [-0.1, -0.05) is 6.07 Å². The number of aliphatic carboxylic acids is 1. The molecule has 1 saturated carbocycles. The molecular formula is C17H22N2O4S. The molecule has 7 heteroatoms. The largest absolute Gasteiger partial charge is 0.481 e. The number of hydrogen-bond acceptors (Lipinski definition) is 4. The van der Waals surface area contributed by atoms with E-state index in [9.17, 15) is 14.4 Å². The Bertz CT molecular complexity index is 635. The Kier molecular flexibility index (Phi) is 4.62. The van der Waals surface area contributed by atoms with Crippen molar-refractivity contribution in [1.82, 2.24) is 10.2 Å². The summed E-state index contributed by atoms with van der Waals surface area (Å²) in [4.78, 5) is 37.9. The predicted molar refractivity (Wildman–Crippen MR) is 89.5 cm³/mol. The monoisotopic (exact) mass is 350 g/mol. The van der Waals surface area contributed by atoms with Gasteiger partial charge in [-0.3, -0.25) is 14.4 Å². The van der Waals surface area contributed by atoms with Crippen LogP contribution in [0.5, 0.6) is 0 Å². The van der Waals surface area contributed by atoms with E-state index in [1.54, 1.807) is 0 Å². The molecule has 0 bridgehead atoms. The van der Waals surface area contributed by atoms with Crippen molar-refractivity contribution in [3.8, 4) is 0 Å². The molecule has 2 unspecified atom stereocenters. The Balaban J connectivity index is 1.57. The first-order valence-electron chi connectivity index (χ1n) is 8.22. The van der Waals surface area contributed by atoms with Crippen molar-refractivity contribution in [2.75, 3.05) is 13.1 Å². The standard InChI is InChI=1S/C17H22N2O4S/c1-11(20)18-13(14-3-2-8-24-14)9-15(21)19-6-4-17(5-7-19)10-12(17)16(22)23/h2-3,8,12-13H,4-7,9-10H2,1H3,(H,18,20)(H,22,23). The molecule has 2 N–H and O–H groups in total. The van der Waals surface area contributed by atoms with Crippen LogP contribution in [0.2, 0.25) is 0 Å². The molecule has 2 amide bonds. The zero-order valence-electron chi connectivity index (χ0n) is 13.7. The number of amides is 2. The smallest absolute Gasteiger partial charge is 0.307 e. The van der Waals surface area contributed by atoms with Gasteiger partial charge in [0.15, 0.2) is 0 Å². The van der Waals surface area contributed by atoms with Crippen molar-refractivity contribution in [2.24, 2.45) is 11.3 Å². The molecule has 1 aromatic heterocycles. The fourth-order valence-corrected chi connectivity index (χ4v) is 4.49. The fourth-order valence-electron chi connectivity index (χ4n) is 3.71. The minimum atomic E-state index is -0.710. The molecule has 2 atom stereocenters. The highest BCUT2D eigenvalue weighted by atomic mass is 32.1. The average Bonchev–Trinajstić information content (AvgIpc) is 2.97. The van der Waals surface area contributed by atoms with Crippen LogP contribution in [0.1, 0.15) is 43.5 Å². The maximum absolute atomic E-state index is 12.6. The summed E-state index contributed by atoms with van der Waals surface area (Å²) >= 11 is 1.52. The summed E-state index contributed by atoms with van der Waals surface area (Å²) in [6.45, 7) is 2.68. The Hall–Kier alpha value is -1.89. The van der Waals surface area contributed by atoms with Crippen molar-refractivity contribution in [3.63, 3.8) is 0 Å². The van der Waals surface area contributed by atoms with Gasteiger partial charge in [-0.05, 0) is 36.1 Å². The van der Waals surface area contributed by atoms with Gasteiger partial charge in [-0.25, -0.2) is 0 Å². The number of carbonyl (C=O) groups is 3. The predicted octanol–water partition coefficient (Wildman–Crippen LogP) is 2.03. The summed E-state index contributed by atoms with van der Waals surface area (Å²) in [6, 6.07) is 3.53. The van der Waals surface area contributed by atoms with E-state index in [2.05, 4.69) is 5.32 Å². The Labute approximate surface area is 144 Å². The summed E-state index contributed by atoms with van der Waals surface area (Å²) < 4.78 is 0. The molecule has 1 aliphatic carbocycles. The van der Waals surface area contributed by atoms with E-state index in [0.29, 0.717) is 13.1 Å². The first kappa shape index (κ1) is 17.0. The number of carbonyl (C=O) groups excluding carboxylic acids is 2. The molecule has 0 radical (unpaired) electrons. The molecule has 1 aliphatic heterocycles. The van der Waals surface area contributed by atoms with E-state index in [0.717, 1.165) is 24.1 Å². The summed E-state index contributed by atoms with van der Waals surface area (Å²) in [7, 11) is 0. The third kappa shape index (κ3) is 3.45. The lowest BCUT2D eigenvalue weighted by atomic mass is 9.90. The fraction of sp³-hybridized carbons (Fsp3) is 0.588. The topological polar surface area (TPSA) is 86.7 Å². The lowest BCUT2D eigenvalue weighted by Gasteiger charge is -2.33. The number of rotatable bonds is 5. The number of thiophene rings is 1. The van der Waals surface area contributed by atoms with Crippen LogP contribution in [0.25, 0.3) is 0 Å². The molecule has 130 valence electrons. The molecule has 2 aliphatic rings. The van der Waals surface area contributed by atoms with Crippen molar-refractivity contribution in [3.05, 3.63) is 22.4 Å². The van der Waals surface area contributed by atoms with Crippen LogP contribution in [0, 0.1) is 11.3 Å². The minimum absolute atomic E-state index is 0.0181. The van der Waals surface area contributed by atoms with Crippen LogP contribution in [0.3, 0.4) is 0 Å². The summed E-state index contributed by atoms with van der Waals surface area (Å²) in [5.74, 6) is -1.07. The van der Waals surface area contributed by atoms with Crippen LogP contribution >= 0.6 is 11.3 Å². The average molecular weight is 350 g/mol. The van der Waals surface area contributed by atoms with Gasteiger partial charge in [-0.15, -0.1) is 11.3 Å². The second-order valence-electron chi connectivity index (χ2n) is 6.81. The highest BCUT2D eigenvalue weighted by Crippen LogP contribution is 2.59. The summed E-state index contributed by atoms with van der Waals surface area (Å²) in [6.07, 6.45) is 2.52. The van der Waals surface area contributed by atoms with Crippen molar-refractivity contribution in [2.45, 2.75) is 38.6 Å². The highest BCUT2D eigenvalue weighted by molar-refractivity contribution is 7.10. The van der Waals surface area contributed by atoms with Gasteiger partial charge in [0.05, 0.1) is 18.4 Å². The van der Waals surface area contributed by atoms with Crippen LogP contribution in [-0.2, 0) is 14.4 Å². The second-order valence-corrected chi connectivity index (χ2v) is 7.79. The third-order valence-electron chi connectivity index (χ3n) is 5.24. The zero-order valence-corrected chi connectivity index (χ0v) is 14.5. The number of carboxylic acid groups (broad SMARTS) is 1. The summed E-state index contributed by atoms with van der Waals surface area (Å²) in [5, 5.41) is 13.9. The molecule has 1 aromatic rings. The van der Waals surface area contributed by atoms with E-state index in [-0.39, 0.29) is 35.6 Å². The van der Waals surface area contributed by atoms with Gasteiger partial charge < -0.3 is 15.3 Å². The third-order valence-corrected chi connectivity index (χ3v) is 6.23. The minimum Gasteiger partial charge on any atom is -0.481 e. The van der Waals surface area contributed by atoms with Gasteiger partial charge in [0.25, 0.3) is 0 Å². The SMILES string of the molecule is CC(=O)NC(CC(=O)N1CCC2(CC1)CC2C(=O)O)c1cccs1. The lowest BCUT2D eigenvalue weighted by molar-refractivity contribution is -0.140. The van der Waals surface area contributed by atoms with E-state index in [4.69, 9.17) is 5.11 Å². The van der Waals surface area contributed by atoms with Gasteiger partial charge in [-0.2, -0.15) is 0 Å². The Morgan fingerprint density at radius 2 is 2.12 bits per heavy atom. The first-order chi connectivity index (χ1) is 11.4. The van der Waals surface area contributed by atoms with E-state index in [1.807, 2.05) is 22.4 Å². The van der Waals surface area contributed by atoms with Crippen molar-refractivity contribution in [1.29, 1.82) is 0 Å². The maximum atomic E-state index is 12.6. The summed E-state index contributed by atoms with van der Waals surface area (Å²) in [5.41, 5.74) is -0.0760. The number of piperidine rings is 1. The quantitative estimate of drug-likeness (QED) is 0.851. The van der Waals surface area contributed by atoms with Crippen LogP contribution < -0.4 is 5.32 Å². The van der Waals surface area contributed by atoms with Crippen LogP contribution in [0.15, 0.2) is 17.5 Å². The number of nitrogens with one attached hydrogen (secondary N) is 1. The zero-order chi connectivity index (χ0) is 17.3. The number of carboxylic acids is 1. The molecule has 1 saturated heterocycles. The first-order valence-corrected chi connectivity index (χ1v) is 9.10. The molecule has 3 rings (SSSR count). The van der Waals surface area contributed by atoms with Crippen molar-refractivity contribution < 1.29 is 19.5 Å². The van der Waals surface area contributed by atoms with Gasteiger partial charge in [0, 0.05) is 24.9 Å². The maximum Gasteiger partial charge on any atom is 0.307 e. The highest BCUT2D eigenvalue weighted by Gasteiger charge is 2.59. The Morgan fingerprint density at radius 3 is 2.62 bits per heavy atom. The van der Waals surface area contributed by atoms with Crippen molar-refractivity contribution >= 4 is 29.1 Å². The van der Waals surface area contributed by atoms with E-state index >= 15 is 0 Å². The van der Waals surface area contributed by atoms with Gasteiger partial charge in [0.1, 0.15) is 0 Å². The van der Waals surface area contributed by atoms with Gasteiger partial charge >= 0.3 is 5.97 Å². The number of nitrogens with zero attached hydrogens (tertiary/aromatic N) is 1. The normalized spacial score (nSPS) is 22.9. The molecule has 2 fully saturated rings.